The molecule has 2 saturated heterocycles. The number of aromatic carboxylic acids is 1. The summed E-state index contributed by atoms with van der Waals surface area (Å²) in [5.41, 5.74) is 1.07. The monoisotopic (exact) mass is 648 g/mol. The van der Waals surface area contributed by atoms with E-state index in [-0.39, 0.29) is 35.5 Å². The number of anilines is 2. The van der Waals surface area contributed by atoms with Gasteiger partial charge in [0.2, 0.25) is 11.8 Å². The van der Waals surface area contributed by atoms with Crippen LogP contribution in [0.2, 0.25) is 0 Å². The van der Waals surface area contributed by atoms with Crippen LogP contribution in [0.3, 0.4) is 0 Å². The fourth-order valence-corrected chi connectivity index (χ4v) is 8.41. The first-order valence-electron chi connectivity index (χ1n) is 14.1. The molecule has 2 aliphatic carbocycles. The lowest BCUT2D eigenvalue weighted by Gasteiger charge is -2.50. The molecule has 3 fully saturated rings. The predicted molar refractivity (Wildman–Crippen MR) is 161 cm³/mol. The second kappa shape index (κ2) is 9.98. The van der Waals surface area contributed by atoms with Crippen molar-refractivity contribution in [2.45, 2.75) is 28.5 Å². The van der Waals surface area contributed by atoms with Crippen molar-refractivity contribution in [3.63, 3.8) is 0 Å². The van der Waals surface area contributed by atoms with Gasteiger partial charge in [0.15, 0.2) is 9.75 Å². The zero-order valence-electron chi connectivity index (χ0n) is 23.2. The Labute approximate surface area is 265 Å². The molecular weight excluding hydrogens is 626 g/mol. The Balaban J connectivity index is 1.37. The first-order chi connectivity index (χ1) is 21.4. The van der Waals surface area contributed by atoms with Gasteiger partial charge in [0.25, 0.3) is 11.8 Å². The molecule has 3 aromatic carbocycles. The van der Waals surface area contributed by atoms with Crippen molar-refractivity contribution < 1.29 is 38.6 Å². The molecule has 45 heavy (non-hydrogen) atoms. The number of hydrogen-bond acceptors (Lipinski definition) is 6. The number of phenols is 1. The van der Waals surface area contributed by atoms with Gasteiger partial charge in [-0.2, -0.15) is 0 Å². The smallest absolute Gasteiger partial charge is 0.335 e. The number of nitrogens with zero attached hydrogens (tertiary/aromatic N) is 2. The standard InChI is InChI=1S/C33H23Cl2FN2O7/c34-32-15-24-22(12-13-23-25(24)28(41)37(27(23)40)20-3-1-2-17(14-20)29(42)43)26(16-4-10-21(39)11-5-16)33(32,35)31(45)38(30(32)44)19-8-6-18(36)7-9-19/h1-12,14,23-26,39H,13,15H2,(H,42,43). The van der Waals surface area contributed by atoms with Crippen molar-refractivity contribution in [1.82, 2.24) is 0 Å². The first-order valence-corrected chi connectivity index (χ1v) is 14.9. The number of carboxylic acid groups (broad SMARTS) is 1. The molecule has 6 unspecified atom stereocenters. The largest absolute Gasteiger partial charge is 0.508 e. The van der Waals surface area contributed by atoms with E-state index >= 15 is 0 Å². The first kappa shape index (κ1) is 29.2. The van der Waals surface area contributed by atoms with Gasteiger partial charge in [0.05, 0.1) is 28.8 Å². The lowest BCUT2D eigenvalue weighted by molar-refractivity contribution is -0.125. The Morgan fingerprint density at radius 2 is 1.53 bits per heavy atom. The number of halogens is 3. The third kappa shape index (κ3) is 3.95. The number of benzene rings is 3. The van der Waals surface area contributed by atoms with Crippen LogP contribution in [-0.4, -0.2) is 49.6 Å². The maximum Gasteiger partial charge on any atom is 0.335 e. The molecule has 0 bridgehead atoms. The average molecular weight is 649 g/mol. The normalized spacial score (nSPS) is 30.6. The van der Waals surface area contributed by atoms with Gasteiger partial charge in [0.1, 0.15) is 11.6 Å². The average Bonchev–Trinajstić information content (AvgIpc) is 3.36. The van der Waals surface area contributed by atoms with Crippen LogP contribution in [0.5, 0.6) is 5.75 Å². The van der Waals surface area contributed by atoms with Gasteiger partial charge in [0, 0.05) is 5.92 Å². The quantitative estimate of drug-likeness (QED) is 0.231. The van der Waals surface area contributed by atoms with E-state index < -0.39 is 68.8 Å². The van der Waals surface area contributed by atoms with Crippen molar-refractivity contribution in [3.8, 4) is 5.75 Å². The summed E-state index contributed by atoms with van der Waals surface area (Å²) in [5.74, 6) is -8.29. The molecule has 228 valence electrons. The number of allylic oxidation sites excluding steroid dienone is 2. The summed E-state index contributed by atoms with van der Waals surface area (Å²) in [5, 5.41) is 19.5. The molecular formula is C33H23Cl2FN2O7. The van der Waals surface area contributed by atoms with Crippen molar-refractivity contribution in [2.24, 2.45) is 17.8 Å². The SMILES string of the molecule is O=C(O)c1cccc(N2C(=O)C3CC=C4C(CC5(Cl)C(=O)N(c6ccc(F)cc6)C(=O)C5(Cl)C4c4ccc(O)cc4)C3C2=O)c1. The summed E-state index contributed by atoms with van der Waals surface area (Å²) >= 11 is 14.6. The molecule has 9 nitrogen and oxygen atoms in total. The lowest BCUT2D eigenvalue weighted by Crippen LogP contribution is -2.60. The summed E-state index contributed by atoms with van der Waals surface area (Å²) in [6.45, 7) is 0. The molecule has 3 aromatic rings. The van der Waals surface area contributed by atoms with E-state index in [1.54, 1.807) is 18.2 Å². The van der Waals surface area contributed by atoms with Crippen molar-refractivity contribution in [3.05, 3.63) is 101 Å². The van der Waals surface area contributed by atoms with Gasteiger partial charge >= 0.3 is 5.97 Å². The van der Waals surface area contributed by atoms with E-state index in [9.17, 15) is 38.6 Å². The molecule has 0 radical (unpaired) electrons. The number of aromatic hydroxyl groups is 1. The Hall–Kier alpha value is -4.54. The highest BCUT2D eigenvalue weighted by atomic mass is 35.5. The number of phenolic OH excluding ortho intramolecular Hbond substituents is 1. The number of alkyl halides is 2. The number of imide groups is 2. The molecule has 2 heterocycles. The molecule has 0 aromatic heterocycles. The van der Waals surface area contributed by atoms with Gasteiger partial charge < -0.3 is 10.2 Å². The van der Waals surface area contributed by atoms with E-state index in [0.717, 1.165) is 21.9 Å². The molecule has 1 saturated carbocycles. The lowest BCUT2D eigenvalue weighted by atomic mass is 9.56. The van der Waals surface area contributed by atoms with Gasteiger partial charge in [-0.3, -0.25) is 24.1 Å². The summed E-state index contributed by atoms with van der Waals surface area (Å²) in [4.78, 5) is 65.6. The second-order valence-corrected chi connectivity index (χ2v) is 13.0. The number of carboxylic acids is 1. The van der Waals surface area contributed by atoms with Gasteiger partial charge in [-0.15, -0.1) is 23.2 Å². The van der Waals surface area contributed by atoms with Gasteiger partial charge in [-0.05, 0) is 78.9 Å². The van der Waals surface area contributed by atoms with E-state index in [1.807, 2.05) is 0 Å². The van der Waals surface area contributed by atoms with Crippen LogP contribution in [-0.2, 0) is 19.2 Å². The highest BCUT2D eigenvalue weighted by Gasteiger charge is 2.76. The Kier molecular flexibility index (Phi) is 6.48. The molecule has 4 amide bonds. The molecule has 4 aliphatic rings. The summed E-state index contributed by atoms with van der Waals surface area (Å²) < 4.78 is 13.8. The highest BCUT2D eigenvalue weighted by Crippen LogP contribution is 2.65. The predicted octanol–water partition coefficient (Wildman–Crippen LogP) is 5.00. The van der Waals surface area contributed by atoms with E-state index in [2.05, 4.69) is 0 Å². The second-order valence-electron chi connectivity index (χ2n) is 11.7. The third-order valence-corrected chi connectivity index (χ3v) is 10.9. The Morgan fingerprint density at radius 1 is 0.844 bits per heavy atom. The Bertz CT molecular complexity index is 1860. The summed E-state index contributed by atoms with van der Waals surface area (Å²) in [6.07, 6.45) is 1.63. The Morgan fingerprint density at radius 3 is 2.20 bits per heavy atom. The molecule has 0 spiro atoms. The van der Waals surface area contributed by atoms with Crippen LogP contribution in [0.15, 0.2) is 84.4 Å². The molecule has 2 aliphatic heterocycles. The van der Waals surface area contributed by atoms with Crippen LogP contribution in [0.1, 0.15) is 34.7 Å². The minimum absolute atomic E-state index is 0.0536. The molecule has 6 atom stereocenters. The van der Waals surface area contributed by atoms with Crippen LogP contribution in [0.25, 0.3) is 0 Å². The van der Waals surface area contributed by atoms with E-state index in [1.165, 1.54) is 48.5 Å². The van der Waals surface area contributed by atoms with Crippen molar-refractivity contribution in [2.75, 3.05) is 9.80 Å². The third-order valence-electron chi connectivity index (χ3n) is 9.47. The number of rotatable bonds is 4. The topological polar surface area (TPSA) is 132 Å². The van der Waals surface area contributed by atoms with Crippen molar-refractivity contribution in [1.29, 1.82) is 0 Å². The number of carbonyl (C=O) groups is 5. The van der Waals surface area contributed by atoms with Crippen LogP contribution in [0, 0.1) is 23.6 Å². The minimum atomic E-state index is -2.09. The molecule has 2 N–H and O–H groups in total. The zero-order valence-corrected chi connectivity index (χ0v) is 24.7. The fourth-order valence-electron chi connectivity index (χ4n) is 7.47. The maximum atomic E-state index is 14.3. The van der Waals surface area contributed by atoms with E-state index in [0.29, 0.717) is 11.1 Å². The van der Waals surface area contributed by atoms with Crippen LogP contribution < -0.4 is 9.80 Å². The minimum Gasteiger partial charge on any atom is -0.508 e. The summed E-state index contributed by atoms with van der Waals surface area (Å²) in [6, 6.07) is 16.2. The molecule has 12 heteroatoms. The van der Waals surface area contributed by atoms with Crippen LogP contribution >= 0.6 is 23.2 Å². The number of amides is 4. The number of hydrogen-bond donors (Lipinski definition) is 2. The maximum absolute atomic E-state index is 14.3. The van der Waals surface area contributed by atoms with Gasteiger partial charge in [-0.1, -0.05) is 29.8 Å². The highest BCUT2D eigenvalue weighted by molar-refractivity contribution is 6.58. The van der Waals surface area contributed by atoms with Crippen molar-refractivity contribution >= 4 is 64.2 Å². The number of fused-ring (bicyclic) bond motifs is 4. The van der Waals surface area contributed by atoms with Crippen LogP contribution in [0.4, 0.5) is 15.8 Å². The molecule has 7 rings (SSSR count). The zero-order chi connectivity index (χ0) is 32.0. The fraction of sp³-hybridized carbons (Fsp3) is 0.242. The van der Waals surface area contributed by atoms with E-state index in [4.69, 9.17) is 23.2 Å². The summed E-state index contributed by atoms with van der Waals surface area (Å²) in [7, 11) is 0. The van der Waals surface area contributed by atoms with Gasteiger partial charge in [-0.25, -0.2) is 14.1 Å². The number of carbonyl (C=O) groups excluding carboxylic acids is 4.